The zero-order valence-corrected chi connectivity index (χ0v) is 13.8. The minimum atomic E-state index is -3.38. The number of ether oxygens (including phenoxy) is 1. The summed E-state index contributed by atoms with van der Waals surface area (Å²) in [5, 5.41) is 10.5. The maximum absolute atomic E-state index is 10.5. The van der Waals surface area contributed by atoms with E-state index in [-0.39, 0.29) is 17.7 Å². The molecule has 10 nitrogen and oxygen atoms in total. The molecular weight excluding hydrogens is 369 g/mol. The second-order valence-electron chi connectivity index (χ2n) is 5.07. The zero-order valence-electron chi connectivity index (χ0n) is 11.3. The van der Waals surface area contributed by atoms with Crippen LogP contribution in [0.15, 0.2) is 6.33 Å². The number of aliphatic hydroxyl groups is 1. The maximum Gasteiger partial charge on any atom is 0.325 e. The van der Waals surface area contributed by atoms with E-state index in [4.69, 9.17) is 42.9 Å². The molecule has 0 spiro atoms. The third-order valence-electron chi connectivity index (χ3n) is 3.68. The summed E-state index contributed by atoms with van der Waals surface area (Å²) in [6.45, 7) is -3.37. The maximum atomic E-state index is 10.5. The van der Waals surface area contributed by atoms with Crippen LogP contribution >= 0.6 is 18.3 Å². The summed E-state index contributed by atoms with van der Waals surface area (Å²) in [4.78, 5) is 21.8. The molecule has 0 aromatic carbocycles. The summed E-state index contributed by atoms with van der Waals surface area (Å²) in [5.74, 6) is 0.158. The average Bonchev–Trinajstić information content (AvgIpc) is 2.97. The Hall–Kier alpha value is -0.910. The van der Waals surface area contributed by atoms with Crippen LogP contribution in [0.25, 0.3) is 11.2 Å². The highest BCUT2D eigenvalue weighted by Gasteiger charge is 2.51. The fourth-order valence-electron chi connectivity index (χ4n) is 2.67. The largest absolute Gasteiger partial charge is 0.386 e. The Kier molecular flexibility index (Phi) is 3.59. The first-order valence-electron chi connectivity index (χ1n) is 6.50. The first-order valence-corrected chi connectivity index (χ1v) is 9.47. The number of halogens is 1. The zero-order chi connectivity index (χ0) is 16.4. The van der Waals surface area contributed by atoms with E-state index >= 15 is 0 Å². The van der Waals surface area contributed by atoms with E-state index in [1.165, 1.54) is 10.9 Å². The number of imidazole rings is 1. The van der Waals surface area contributed by atoms with Gasteiger partial charge in [0.05, 0.1) is 6.61 Å². The van der Waals surface area contributed by atoms with E-state index in [2.05, 4.69) is 15.0 Å². The van der Waals surface area contributed by atoms with Gasteiger partial charge in [0.25, 0.3) is 0 Å². The van der Waals surface area contributed by atoms with Crippen molar-refractivity contribution in [2.24, 2.45) is 0 Å². The normalized spacial score (nSPS) is 37.2. The number of rotatable bonds is 1. The molecule has 2 aliphatic rings. The molecule has 0 bridgehead atoms. The highest BCUT2D eigenvalue weighted by molar-refractivity contribution is 8.07. The monoisotopic (exact) mass is 379 g/mol. The molecule has 4 heterocycles. The van der Waals surface area contributed by atoms with Crippen LogP contribution in [-0.4, -0.2) is 54.4 Å². The molecule has 124 valence electrons. The van der Waals surface area contributed by atoms with Gasteiger partial charge >= 0.3 is 6.72 Å². The highest BCUT2D eigenvalue weighted by Crippen LogP contribution is 2.53. The minimum Gasteiger partial charge on any atom is -0.386 e. The van der Waals surface area contributed by atoms with Crippen LogP contribution in [0.4, 0.5) is 5.82 Å². The van der Waals surface area contributed by atoms with Crippen LogP contribution in [0, 0.1) is 0 Å². The van der Waals surface area contributed by atoms with Crippen LogP contribution in [0.5, 0.6) is 0 Å². The van der Waals surface area contributed by atoms with Gasteiger partial charge in [-0.05, 0) is 23.4 Å². The van der Waals surface area contributed by atoms with Gasteiger partial charge in [-0.15, -0.1) is 0 Å². The molecule has 0 saturated carbocycles. The predicted octanol–water partition coefficient (Wildman–Crippen LogP) is -0.0476. The Labute approximate surface area is 139 Å². The summed E-state index contributed by atoms with van der Waals surface area (Å²) in [6.07, 6.45) is -2.27. The summed E-state index contributed by atoms with van der Waals surface area (Å²) >= 11 is 10.9. The molecule has 2 saturated heterocycles. The van der Waals surface area contributed by atoms with Crippen molar-refractivity contribution >= 4 is 47.1 Å². The quantitative estimate of drug-likeness (QED) is 0.456. The molecule has 2 aromatic heterocycles. The number of anilines is 1. The first kappa shape index (κ1) is 15.6. The standard InChI is InChI=1S/C10H11ClN5O5PS/c11-10-15-4-7(12)13-2-14-8(4)16(10)9-5(17)6-3(20-9)1-19-22(18,23)21-6/h2-3,5-6,9,17H,1H2,(H,18,23)(H2,12,13,14)/t3-,5-,6-,9-,22?/m1/s1. The van der Waals surface area contributed by atoms with Crippen molar-refractivity contribution in [1.29, 1.82) is 0 Å². The fraction of sp³-hybridized carbons (Fsp3) is 0.500. The van der Waals surface area contributed by atoms with Crippen LogP contribution in [0.2, 0.25) is 5.28 Å². The van der Waals surface area contributed by atoms with E-state index in [0.29, 0.717) is 11.2 Å². The third-order valence-corrected chi connectivity index (χ3v) is 5.51. The molecule has 23 heavy (non-hydrogen) atoms. The van der Waals surface area contributed by atoms with Gasteiger partial charge in [0, 0.05) is 0 Å². The molecule has 2 aromatic rings. The molecule has 1 unspecified atom stereocenters. The number of hydrogen-bond donors (Lipinski definition) is 3. The number of nitrogens with two attached hydrogens (primary N) is 1. The molecule has 5 atom stereocenters. The van der Waals surface area contributed by atoms with Crippen LogP contribution < -0.4 is 5.73 Å². The van der Waals surface area contributed by atoms with E-state index in [9.17, 15) is 10.00 Å². The number of nitrogens with zero attached hydrogens (tertiary/aromatic N) is 4. The lowest BCUT2D eigenvalue weighted by atomic mass is 10.1. The lowest BCUT2D eigenvalue weighted by Gasteiger charge is -2.30. The lowest BCUT2D eigenvalue weighted by molar-refractivity contribution is -0.0592. The summed E-state index contributed by atoms with van der Waals surface area (Å²) in [6, 6.07) is 0. The summed E-state index contributed by atoms with van der Waals surface area (Å²) in [7, 11) is 0. The third kappa shape index (κ3) is 2.44. The first-order chi connectivity index (χ1) is 10.9. The fourth-order valence-corrected chi connectivity index (χ4v) is 4.38. The van der Waals surface area contributed by atoms with E-state index < -0.39 is 31.3 Å². The Morgan fingerprint density at radius 3 is 3.04 bits per heavy atom. The molecule has 4 rings (SSSR count). The van der Waals surface area contributed by atoms with Gasteiger partial charge in [0.2, 0.25) is 5.28 Å². The molecule has 4 N–H and O–H groups in total. The molecule has 13 heteroatoms. The number of aliphatic hydroxyl groups excluding tert-OH is 1. The highest BCUT2D eigenvalue weighted by atomic mass is 35.5. The number of nitrogen functional groups attached to an aromatic ring is 1. The van der Waals surface area contributed by atoms with Gasteiger partial charge in [-0.2, -0.15) is 0 Å². The van der Waals surface area contributed by atoms with Crippen molar-refractivity contribution in [2.75, 3.05) is 12.3 Å². The predicted molar refractivity (Wildman–Crippen MR) is 82.0 cm³/mol. The second kappa shape index (κ2) is 5.30. The molecule has 2 aliphatic heterocycles. The van der Waals surface area contributed by atoms with Crippen LogP contribution in [0.1, 0.15) is 6.23 Å². The average molecular weight is 380 g/mol. The van der Waals surface area contributed by atoms with Crippen molar-refractivity contribution in [3.8, 4) is 0 Å². The van der Waals surface area contributed by atoms with Gasteiger partial charge in [-0.3, -0.25) is 9.09 Å². The second-order valence-corrected chi connectivity index (χ2v) is 8.20. The molecule has 0 radical (unpaired) electrons. The van der Waals surface area contributed by atoms with Gasteiger partial charge in [-0.1, -0.05) is 0 Å². The summed E-state index contributed by atoms with van der Waals surface area (Å²) < 4.78 is 17.4. The Balaban J connectivity index is 1.76. The summed E-state index contributed by atoms with van der Waals surface area (Å²) in [5.41, 5.74) is 6.36. The number of aromatic nitrogens is 4. The molecular formula is C10H11ClN5O5PS. The van der Waals surface area contributed by atoms with Gasteiger partial charge in [0.1, 0.15) is 24.6 Å². The Morgan fingerprint density at radius 1 is 1.48 bits per heavy atom. The van der Waals surface area contributed by atoms with Crippen molar-refractivity contribution in [2.45, 2.75) is 24.5 Å². The lowest BCUT2D eigenvalue weighted by Crippen LogP contribution is -2.39. The van der Waals surface area contributed by atoms with E-state index in [1.54, 1.807) is 0 Å². The van der Waals surface area contributed by atoms with Crippen LogP contribution in [-0.2, 0) is 25.6 Å². The van der Waals surface area contributed by atoms with Crippen molar-refractivity contribution in [3.05, 3.63) is 11.6 Å². The van der Waals surface area contributed by atoms with Gasteiger partial charge in [-0.25, -0.2) is 15.0 Å². The SMILES string of the molecule is Nc1ncnc2c1nc(Cl)n2[C@@H]1O[C@@H]2COP(O)(=S)O[C@H]2[C@H]1O. The molecule has 0 aliphatic carbocycles. The van der Waals surface area contributed by atoms with Crippen molar-refractivity contribution in [1.82, 2.24) is 19.5 Å². The molecule has 0 amide bonds. The Bertz CT molecular complexity index is 835. The van der Waals surface area contributed by atoms with Gasteiger partial charge in [0.15, 0.2) is 23.2 Å². The number of fused-ring (bicyclic) bond motifs is 2. The van der Waals surface area contributed by atoms with E-state index in [0.717, 1.165) is 0 Å². The number of hydrogen-bond acceptors (Lipinski definition) is 9. The Morgan fingerprint density at radius 2 is 2.26 bits per heavy atom. The molecule has 2 fully saturated rings. The minimum absolute atomic E-state index is 0.00732. The van der Waals surface area contributed by atoms with Crippen molar-refractivity contribution < 1.29 is 23.8 Å². The van der Waals surface area contributed by atoms with E-state index in [1.807, 2.05) is 0 Å². The van der Waals surface area contributed by atoms with Crippen molar-refractivity contribution in [3.63, 3.8) is 0 Å². The topological polar surface area (TPSA) is 138 Å². The van der Waals surface area contributed by atoms with Gasteiger partial charge < -0.3 is 25.0 Å². The smallest absolute Gasteiger partial charge is 0.325 e. The van der Waals surface area contributed by atoms with Crippen LogP contribution in [0.3, 0.4) is 0 Å².